The fourth-order valence-electron chi connectivity index (χ4n) is 2.31. The van der Waals surface area contributed by atoms with Crippen LogP contribution in [-0.4, -0.2) is 39.9 Å². The van der Waals surface area contributed by atoms with Crippen molar-refractivity contribution >= 4 is 33.4 Å². The Balaban J connectivity index is 2.08. The van der Waals surface area contributed by atoms with Gasteiger partial charge in [0, 0.05) is 11.6 Å². The van der Waals surface area contributed by atoms with Crippen molar-refractivity contribution in [3.05, 3.63) is 58.6 Å². The first-order valence-corrected chi connectivity index (χ1v) is 10.2. The monoisotopic (exact) mass is 425 g/mol. The molecule has 0 saturated carbocycles. The van der Waals surface area contributed by atoms with Crippen molar-refractivity contribution in [1.29, 1.82) is 0 Å². The molecule has 7 nitrogen and oxygen atoms in total. The van der Waals surface area contributed by atoms with Crippen LogP contribution in [0.25, 0.3) is 0 Å². The minimum atomic E-state index is -3.75. The smallest absolute Gasteiger partial charge is 0.338 e. The van der Waals surface area contributed by atoms with Crippen LogP contribution in [0.2, 0.25) is 5.02 Å². The van der Waals surface area contributed by atoms with Crippen LogP contribution in [0.5, 0.6) is 5.75 Å². The van der Waals surface area contributed by atoms with Gasteiger partial charge in [-0.05, 0) is 50.2 Å². The van der Waals surface area contributed by atoms with E-state index in [1.165, 1.54) is 49.6 Å². The highest BCUT2D eigenvalue weighted by atomic mass is 35.5. The largest absolute Gasteiger partial charge is 0.495 e. The predicted octanol–water partition coefficient (Wildman–Crippen LogP) is 3.08. The number of hydrogen-bond acceptors (Lipinski definition) is 6. The van der Waals surface area contributed by atoms with Crippen LogP contribution in [0.1, 0.15) is 34.6 Å². The van der Waals surface area contributed by atoms with Crippen LogP contribution >= 0.6 is 11.6 Å². The van der Waals surface area contributed by atoms with Gasteiger partial charge in [-0.2, -0.15) is 0 Å². The van der Waals surface area contributed by atoms with Gasteiger partial charge in [-0.25, -0.2) is 17.9 Å². The summed E-state index contributed by atoms with van der Waals surface area (Å²) in [7, 11) is -2.30. The van der Waals surface area contributed by atoms with Crippen molar-refractivity contribution < 1.29 is 27.5 Å². The summed E-state index contributed by atoms with van der Waals surface area (Å²) in [4.78, 5) is 24.3. The number of rotatable bonds is 8. The van der Waals surface area contributed by atoms with E-state index in [1.54, 1.807) is 13.8 Å². The molecule has 2 aromatic carbocycles. The first kappa shape index (κ1) is 21.9. The predicted molar refractivity (Wildman–Crippen MR) is 105 cm³/mol. The van der Waals surface area contributed by atoms with E-state index in [9.17, 15) is 18.0 Å². The number of methoxy groups -OCH3 is 1. The van der Waals surface area contributed by atoms with Crippen molar-refractivity contribution in [3.63, 3.8) is 0 Å². The third-order valence-electron chi connectivity index (χ3n) is 3.58. The molecule has 0 saturated heterocycles. The zero-order valence-corrected chi connectivity index (χ0v) is 17.1. The maximum Gasteiger partial charge on any atom is 0.338 e. The minimum Gasteiger partial charge on any atom is -0.495 e. The Morgan fingerprint density at radius 3 is 2.43 bits per heavy atom. The number of Topliss-reactive ketones (excluding diaryl/α,β-unsaturated/α-hetero) is 1. The molecular weight excluding hydrogens is 406 g/mol. The van der Waals surface area contributed by atoms with Gasteiger partial charge in [-0.15, -0.1) is 0 Å². The van der Waals surface area contributed by atoms with Crippen LogP contribution in [0.15, 0.2) is 47.4 Å². The summed E-state index contributed by atoms with van der Waals surface area (Å²) in [6.45, 7) is 2.86. The summed E-state index contributed by atoms with van der Waals surface area (Å²) in [5.74, 6) is -0.846. The Morgan fingerprint density at radius 2 is 1.82 bits per heavy atom. The van der Waals surface area contributed by atoms with Crippen molar-refractivity contribution in [1.82, 2.24) is 4.72 Å². The molecule has 0 radical (unpaired) electrons. The molecule has 2 aromatic rings. The average Bonchev–Trinajstić information content (AvgIpc) is 2.64. The molecule has 9 heteroatoms. The molecule has 0 bridgehead atoms. The Kier molecular flexibility index (Phi) is 7.17. The molecule has 0 fully saturated rings. The van der Waals surface area contributed by atoms with Gasteiger partial charge in [0.2, 0.25) is 10.0 Å². The standard InChI is InChI=1S/C19H20ClNO6S/c1-12(2)21-28(24,25)15-6-4-5-14(9-15)19(23)27-11-17(22)13-7-8-18(26-3)16(20)10-13/h4-10,12,21H,11H2,1-3H3. The number of carbonyl (C=O) groups is 2. The van der Waals surface area contributed by atoms with Crippen molar-refractivity contribution in [3.8, 4) is 5.75 Å². The zero-order chi connectivity index (χ0) is 20.9. The summed E-state index contributed by atoms with van der Waals surface area (Å²) in [5.41, 5.74) is 0.281. The molecule has 150 valence electrons. The number of nitrogens with one attached hydrogen (secondary N) is 1. The van der Waals surface area contributed by atoms with E-state index in [4.69, 9.17) is 21.1 Å². The maximum atomic E-state index is 12.2. The van der Waals surface area contributed by atoms with Crippen LogP contribution in [0, 0.1) is 0 Å². The normalized spacial score (nSPS) is 11.3. The van der Waals surface area contributed by atoms with E-state index in [-0.39, 0.29) is 27.1 Å². The van der Waals surface area contributed by atoms with E-state index in [1.807, 2.05) is 0 Å². The maximum absolute atomic E-state index is 12.2. The quantitative estimate of drug-likeness (QED) is 0.515. The molecule has 0 atom stereocenters. The van der Waals surface area contributed by atoms with Crippen LogP contribution in [0.4, 0.5) is 0 Å². The van der Waals surface area contributed by atoms with Crippen molar-refractivity contribution in [2.45, 2.75) is 24.8 Å². The highest BCUT2D eigenvalue weighted by Crippen LogP contribution is 2.25. The Morgan fingerprint density at radius 1 is 1.11 bits per heavy atom. The first-order chi connectivity index (χ1) is 13.1. The second-order valence-corrected chi connectivity index (χ2v) is 8.27. The van der Waals surface area contributed by atoms with Gasteiger partial charge < -0.3 is 9.47 Å². The van der Waals surface area contributed by atoms with Gasteiger partial charge in [0.1, 0.15) is 5.75 Å². The number of benzene rings is 2. The van der Waals surface area contributed by atoms with Gasteiger partial charge in [0.15, 0.2) is 12.4 Å². The van der Waals surface area contributed by atoms with E-state index < -0.39 is 28.4 Å². The number of hydrogen-bond donors (Lipinski definition) is 1. The third-order valence-corrected chi connectivity index (χ3v) is 5.53. The van der Waals surface area contributed by atoms with Crippen LogP contribution in [0.3, 0.4) is 0 Å². The minimum absolute atomic E-state index is 0.0206. The van der Waals surface area contributed by atoms with Gasteiger partial charge in [-0.1, -0.05) is 17.7 Å². The molecule has 0 heterocycles. The lowest BCUT2D eigenvalue weighted by molar-refractivity contribution is 0.0474. The van der Waals surface area contributed by atoms with Crippen molar-refractivity contribution in [2.24, 2.45) is 0 Å². The molecule has 28 heavy (non-hydrogen) atoms. The van der Waals surface area contributed by atoms with E-state index >= 15 is 0 Å². The van der Waals surface area contributed by atoms with E-state index in [0.717, 1.165) is 0 Å². The van der Waals surface area contributed by atoms with E-state index in [2.05, 4.69) is 4.72 Å². The number of esters is 1. The topological polar surface area (TPSA) is 98.8 Å². The number of halogens is 1. The second kappa shape index (κ2) is 9.18. The lowest BCUT2D eigenvalue weighted by Crippen LogP contribution is -2.30. The Bertz CT molecular complexity index is 988. The summed E-state index contributed by atoms with van der Waals surface area (Å²) in [6, 6.07) is 9.56. The Labute approximate surface area is 168 Å². The second-order valence-electron chi connectivity index (χ2n) is 6.15. The third kappa shape index (κ3) is 5.54. The number of carbonyl (C=O) groups excluding carboxylic acids is 2. The van der Waals surface area contributed by atoms with Crippen molar-refractivity contribution in [2.75, 3.05) is 13.7 Å². The fraction of sp³-hybridized carbons (Fsp3) is 0.263. The molecular formula is C19H20ClNO6S. The van der Waals surface area contributed by atoms with Gasteiger partial charge >= 0.3 is 5.97 Å². The summed E-state index contributed by atoms with van der Waals surface area (Å²) < 4.78 is 36.9. The van der Waals surface area contributed by atoms with Crippen LogP contribution < -0.4 is 9.46 Å². The molecule has 0 aliphatic carbocycles. The SMILES string of the molecule is COc1ccc(C(=O)COC(=O)c2cccc(S(=O)(=O)NC(C)C)c2)cc1Cl. The first-order valence-electron chi connectivity index (χ1n) is 8.30. The molecule has 0 aromatic heterocycles. The highest BCUT2D eigenvalue weighted by molar-refractivity contribution is 7.89. The zero-order valence-electron chi connectivity index (χ0n) is 15.6. The average molecular weight is 426 g/mol. The molecule has 0 aliphatic heterocycles. The van der Waals surface area contributed by atoms with Gasteiger partial charge in [0.25, 0.3) is 0 Å². The van der Waals surface area contributed by atoms with Gasteiger partial charge in [-0.3, -0.25) is 4.79 Å². The molecule has 1 N–H and O–H groups in total. The van der Waals surface area contributed by atoms with E-state index in [0.29, 0.717) is 5.75 Å². The molecule has 0 amide bonds. The Hall–Kier alpha value is -2.42. The fourth-order valence-corrected chi connectivity index (χ4v) is 3.86. The molecule has 0 aliphatic rings. The van der Waals surface area contributed by atoms with Gasteiger partial charge in [0.05, 0.1) is 22.6 Å². The summed E-state index contributed by atoms with van der Waals surface area (Å²) in [6.07, 6.45) is 0. The number of ether oxygens (including phenoxy) is 2. The molecule has 0 unspecified atom stereocenters. The lowest BCUT2D eigenvalue weighted by Gasteiger charge is -2.10. The lowest BCUT2D eigenvalue weighted by atomic mass is 10.1. The van der Waals surface area contributed by atoms with Crippen LogP contribution in [-0.2, 0) is 14.8 Å². The molecule has 2 rings (SSSR count). The summed E-state index contributed by atoms with van der Waals surface area (Å²) in [5, 5.41) is 0.259. The number of sulfonamides is 1. The number of ketones is 1. The summed E-state index contributed by atoms with van der Waals surface area (Å²) >= 11 is 5.98. The highest BCUT2D eigenvalue weighted by Gasteiger charge is 2.19. The molecule has 0 spiro atoms.